The van der Waals surface area contributed by atoms with Crippen molar-refractivity contribution in [2.75, 3.05) is 5.73 Å². The maximum Gasteiger partial charge on any atom is 0.245 e. The lowest BCUT2D eigenvalue weighted by Gasteiger charge is -2.09. The van der Waals surface area contributed by atoms with Gasteiger partial charge in [0.15, 0.2) is 0 Å². The number of rotatable bonds is 2. The first-order chi connectivity index (χ1) is 9.13. The molecule has 0 unspecified atom stereocenters. The molecule has 19 heavy (non-hydrogen) atoms. The fraction of sp³-hybridized carbons (Fsp3) is 0.143. The first kappa shape index (κ1) is 11.5. The first-order valence-electron chi connectivity index (χ1n) is 5.98. The number of hydrogen-bond donors (Lipinski definition) is 1. The SMILES string of the molecule is Cc1cc2c(Oc3ccc(N)cc3C)nccn2n1. The lowest BCUT2D eigenvalue weighted by molar-refractivity contribution is 0.462. The smallest absolute Gasteiger partial charge is 0.245 e. The normalized spacial score (nSPS) is 10.8. The molecular weight excluding hydrogens is 240 g/mol. The zero-order chi connectivity index (χ0) is 13.4. The predicted molar refractivity (Wildman–Crippen MR) is 73.4 cm³/mol. The number of hydrogen-bond acceptors (Lipinski definition) is 4. The minimum absolute atomic E-state index is 0.538. The van der Waals surface area contributed by atoms with Crippen LogP contribution in [0, 0.1) is 13.8 Å². The van der Waals surface area contributed by atoms with Crippen LogP contribution in [0.3, 0.4) is 0 Å². The van der Waals surface area contributed by atoms with Crippen molar-refractivity contribution in [3.63, 3.8) is 0 Å². The van der Waals surface area contributed by atoms with Crippen LogP contribution in [0.4, 0.5) is 5.69 Å². The van der Waals surface area contributed by atoms with Gasteiger partial charge in [0.2, 0.25) is 5.88 Å². The second-order valence-electron chi connectivity index (χ2n) is 4.47. The van der Waals surface area contributed by atoms with Gasteiger partial charge in [-0.15, -0.1) is 0 Å². The van der Waals surface area contributed by atoms with Crippen LogP contribution in [0.2, 0.25) is 0 Å². The van der Waals surface area contributed by atoms with E-state index in [1.165, 1.54) is 0 Å². The van der Waals surface area contributed by atoms with Crippen molar-refractivity contribution in [1.82, 2.24) is 14.6 Å². The van der Waals surface area contributed by atoms with Crippen molar-refractivity contribution in [3.05, 3.63) is 47.9 Å². The van der Waals surface area contributed by atoms with Crippen LogP contribution in [0.5, 0.6) is 11.6 Å². The summed E-state index contributed by atoms with van der Waals surface area (Å²) in [6.45, 7) is 3.89. The number of nitrogens with two attached hydrogens (primary N) is 1. The van der Waals surface area contributed by atoms with Crippen molar-refractivity contribution in [2.24, 2.45) is 0 Å². The summed E-state index contributed by atoms with van der Waals surface area (Å²) in [4.78, 5) is 4.26. The van der Waals surface area contributed by atoms with E-state index in [2.05, 4.69) is 10.1 Å². The number of fused-ring (bicyclic) bond motifs is 1. The molecule has 2 heterocycles. The molecule has 0 saturated carbocycles. The minimum Gasteiger partial charge on any atom is -0.437 e. The van der Waals surface area contributed by atoms with Crippen molar-refractivity contribution >= 4 is 11.2 Å². The summed E-state index contributed by atoms with van der Waals surface area (Å²) in [7, 11) is 0. The molecule has 0 fully saturated rings. The van der Waals surface area contributed by atoms with E-state index in [4.69, 9.17) is 10.5 Å². The van der Waals surface area contributed by atoms with Gasteiger partial charge in [-0.05, 0) is 43.7 Å². The fourth-order valence-corrected chi connectivity index (χ4v) is 1.99. The first-order valence-corrected chi connectivity index (χ1v) is 5.98. The monoisotopic (exact) mass is 254 g/mol. The summed E-state index contributed by atoms with van der Waals surface area (Å²) >= 11 is 0. The Labute approximate surface area is 110 Å². The summed E-state index contributed by atoms with van der Waals surface area (Å²) in [5.41, 5.74) is 9.19. The topological polar surface area (TPSA) is 65.4 Å². The number of ether oxygens (including phenoxy) is 1. The van der Waals surface area contributed by atoms with Crippen LogP contribution in [0.1, 0.15) is 11.3 Å². The number of nitrogen functional groups attached to an aromatic ring is 1. The third kappa shape index (κ3) is 2.10. The molecule has 3 rings (SSSR count). The maximum atomic E-state index is 5.86. The molecule has 1 aromatic carbocycles. The molecule has 0 aliphatic heterocycles. The largest absolute Gasteiger partial charge is 0.437 e. The lowest BCUT2D eigenvalue weighted by atomic mass is 10.2. The van der Waals surface area contributed by atoms with Gasteiger partial charge in [-0.25, -0.2) is 9.50 Å². The molecule has 0 atom stereocenters. The van der Waals surface area contributed by atoms with Crippen molar-refractivity contribution in [3.8, 4) is 11.6 Å². The van der Waals surface area contributed by atoms with Crippen LogP contribution < -0.4 is 10.5 Å². The molecule has 2 aromatic heterocycles. The van der Waals surface area contributed by atoms with E-state index >= 15 is 0 Å². The summed E-state index contributed by atoms with van der Waals surface area (Å²) in [6.07, 6.45) is 3.46. The minimum atomic E-state index is 0.538. The Balaban J connectivity index is 2.05. The molecule has 0 radical (unpaired) electrons. The highest BCUT2D eigenvalue weighted by atomic mass is 16.5. The summed E-state index contributed by atoms with van der Waals surface area (Å²) in [5.74, 6) is 1.28. The molecule has 2 N–H and O–H groups in total. The molecule has 0 amide bonds. The number of benzene rings is 1. The average Bonchev–Trinajstić information content (AvgIpc) is 2.74. The van der Waals surface area contributed by atoms with Gasteiger partial charge in [0, 0.05) is 18.1 Å². The van der Waals surface area contributed by atoms with Crippen molar-refractivity contribution < 1.29 is 4.74 Å². The van der Waals surface area contributed by atoms with Crippen LogP contribution in [-0.4, -0.2) is 14.6 Å². The van der Waals surface area contributed by atoms with Crippen LogP contribution in [0.25, 0.3) is 5.52 Å². The zero-order valence-electron chi connectivity index (χ0n) is 10.8. The fourth-order valence-electron chi connectivity index (χ4n) is 1.99. The Hall–Kier alpha value is -2.56. The van der Waals surface area contributed by atoms with E-state index in [1.54, 1.807) is 16.9 Å². The highest BCUT2D eigenvalue weighted by molar-refractivity contribution is 5.58. The van der Waals surface area contributed by atoms with Crippen molar-refractivity contribution in [1.29, 1.82) is 0 Å². The van der Waals surface area contributed by atoms with E-state index < -0.39 is 0 Å². The highest BCUT2D eigenvalue weighted by Crippen LogP contribution is 2.27. The third-order valence-corrected chi connectivity index (χ3v) is 2.88. The molecule has 0 aliphatic carbocycles. The van der Waals surface area contributed by atoms with Crippen LogP contribution in [-0.2, 0) is 0 Å². The lowest BCUT2D eigenvalue weighted by Crippen LogP contribution is -1.95. The van der Waals surface area contributed by atoms with E-state index in [0.29, 0.717) is 5.88 Å². The Morgan fingerprint density at radius 2 is 2.05 bits per heavy atom. The van der Waals surface area contributed by atoms with Crippen LogP contribution in [0.15, 0.2) is 36.7 Å². The van der Waals surface area contributed by atoms with Crippen LogP contribution >= 0.6 is 0 Å². The van der Waals surface area contributed by atoms with E-state index in [0.717, 1.165) is 28.2 Å². The maximum absolute atomic E-state index is 5.86. The number of aromatic nitrogens is 3. The Morgan fingerprint density at radius 3 is 2.84 bits per heavy atom. The molecule has 5 heteroatoms. The van der Waals surface area contributed by atoms with E-state index in [9.17, 15) is 0 Å². The molecule has 0 aliphatic rings. The molecule has 3 aromatic rings. The van der Waals surface area contributed by atoms with Gasteiger partial charge in [-0.3, -0.25) is 0 Å². The second kappa shape index (κ2) is 4.28. The quantitative estimate of drug-likeness (QED) is 0.714. The molecule has 96 valence electrons. The second-order valence-corrected chi connectivity index (χ2v) is 4.47. The van der Waals surface area contributed by atoms with Gasteiger partial charge >= 0.3 is 0 Å². The van der Waals surface area contributed by atoms with Gasteiger partial charge in [0.25, 0.3) is 0 Å². The third-order valence-electron chi connectivity index (χ3n) is 2.88. The molecule has 0 spiro atoms. The predicted octanol–water partition coefficient (Wildman–Crippen LogP) is 2.72. The summed E-state index contributed by atoms with van der Waals surface area (Å²) < 4.78 is 7.62. The van der Waals surface area contributed by atoms with E-state index in [-0.39, 0.29) is 0 Å². The summed E-state index contributed by atoms with van der Waals surface area (Å²) in [5, 5.41) is 4.33. The molecule has 5 nitrogen and oxygen atoms in total. The number of anilines is 1. The number of aryl methyl sites for hydroxylation is 2. The molecule has 0 bridgehead atoms. The van der Waals surface area contributed by atoms with Gasteiger partial charge in [-0.1, -0.05) is 0 Å². The summed E-state index contributed by atoms with van der Waals surface area (Å²) in [6, 6.07) is 7.47. The zero-order valence-corrected chi connectivity index (χ0v) is 10.8. The average molecular weight is 254 g/mol. The number of nitrogens with zero attached hydrogens (tertiary/aromatic N) is 3. The van der Waals surface area contributed by atoms with Gasteiger partial charge in [-0.2, -0.15) is 5.10 Å². The van der Waals surface area contributed by atoms with E-state index in [1.807, 2.05) is 38.1 Å². The highest BCUT2D eigenvalue weighted by Gasteiger charge is 2.09. The van der Waals surface area contributed by atoms with Crippen molar-refractivity contribution in [2.45, 2.75) is 13.8 Å². The Bertz CT molecular complexity index is 748. The molecule has 0 saturated heterocycles. The van der Waals surface area contributed by atoms with Gasteiger partial charge in [0.05, 0.1) is 5.69 Å². The Morgan fingerprint density at radius 1 is 1.21 bits per heavy atom. The van der Waals surface area contributed by atoms with Gasteiger partial charge < -0.3 is 10.5 Å². The van der Waals surface area contributed by atoms with Gasteiger partial charge in [0.1, 0.15) is 11.3 Å². The molecular formula is C14H14N4O. The Kier molecular flexibility index (Phi) is 2.59. The standard InChI is InChI=1S/C14H14N4O/c1-9-7-11(15)3-4-13(9)19-14-12-8-10(2)17-18(12)6-5-16-14/h3-8H,15H2,1-2H3.